The van der Waals surface area contributed by atoms with Crippen molar-refractivity contribution in [2.24, 2.45) is 0 Å². The molecule has 34 heavy (non-hydrogen) atoms. The van der Waals surface area contributed by atoms with Crippen LogP contribution in [0.25, 0.3) is 10.9 Å². The molecular weight excluding hydrogens is 438 g/mol. The van der Waals surface area contributed by atoms with Crippen molar-refractivity contribution in [3.8, 4) is 0 Å². The Morgan fingerprint density at radius 3 is 2.65 bits per heavy atom. The van der Waals surface area contributed by atoms with E-state index in [4.69, 9.17) is 9.15 Å². The van der Waals surface area contributed by atoms with Gasteiger partial charge in [0.25, 0.3) is 6.01 Å². The number of anilines is 2. The molecule has 10 heteroatoms. The minimum absolute atomic E-state index is 0.0652. The normalized spacial score (nSPS) is 11.3. The molecule has 0 aliphatic rings. The van der Waals surface area contributed by atoms with Gasteiger partial charge in [-0.05, 0) is 50.6 Å². The Kier molecular flexibility index (Phi) is 7.62. The number of amides is 2. The van der Waals surface area contributed by atoms with Gasteiger partial charge in [-0.2, -0.15) is 4.98 Å². The number of carbonyl (C=O) groups excluding carboxylic acids is 2. The minimum atomic E-state index is -1.08. The fraction of sp³-hybridized carbons (Fsp3) is 0.375. The quantitative estimate of drug-likeness (QED) is 0.491. The topological polar surface area (TPSA) is 127 Å². The van der Waals surface area contributed by atoms with E-state index in [-0.39, 0.29) is 29.8 Å². The summed E-state index contributed by atoms with van der Waals surface area (Å²) in [6, 6.07) is 8.86. The highest BCUT2D eigenvalue weighted by molar-refractivity contribution is 5.96. The zero-order valence-corrected chi connectivity index (χ0v) is 20.0. The van der Waals surface area contributed by atoms with Crippen LogP contribution in [0.2, 0.25) is 0 Å². The van der Waals surface area contributed by atoms with Crippen LogP contribution in [0, 0.1) is 6.92 Å². The van der Waals surface area contributed by atoms with Crippen LogP contribution in [0.3, 0.4) is 0 Å². The SMILES string of the molecule is COCC(=O)Nc1ccc2nc(NC(C)(C)C(=O)N(C)CCc3ccccn3)oc(=O)c2c1C. The van der Waals surface area contributed by atoms with Crippen LogP contribution in [0.5, 0.6) is 0 Å². The molecule has 1 aromatic carbocycles. The number of ether oxygens (including phenoxy) is 1. The molecule has 0 bridgehead atoms. The number of nitrogens with one attached hydrogen (secondary N) is 2. The van der Waals surface area contributed by atoms with Crippen molar-refractivity contribution in [1.82, 2.24) is 14.9 Å². The standard InChI is InChI=1S/C24H29N5O5/c1-15-17(26-19(30)14-33-5)9-10-18-20(15)21(31)34-23(27-18)28-24(2,3)22(32)29(4)13-11-16-8-6-7-12-25-16/h6-10,12H,11,13-14H2,1-5H3,(H,26,30)(H,27,28). The first kappa shape index (κ1) is 24.8. The fourth-order valence-electron chi connectivity index (χ4n) is 3.55. The van der Waals surface area contributed by atoms with Gasteiger partial charge in [0, 0.05) is 44.7 Å². The molecule has 0 saturated heterocycles. The number of nitrogens with zero attached hydrogens (tertiary/aromatic N) is 3. The number of aryl methyl sites for hydroxylation is 1. The smallest absolute Gasteiger partial charge is 0.348 e. The zero-order valence-electron chi connectivity index (χ0n) is 20.0. The Balaban J connectivity index is 1.77. The number of carbonyl (C=O) groups is 2. The van der Waals surface area contributed by atoms with Gasteiger partial charge in [0.05, 0.1) is 10.9 Å². The summed E-state index contributed by atoms with van der Waals surface area (Å²) in [4.78, 5) is 47.9. The van der Waals surface area contributed by atoms with Crippen molar-refractivity contribution >= 4 is 34.4 Å². The molecule has 2 N–H and O–H groups in total. The third-order valence-corrected chi connectivity index (χ3v) is 5.34. The zero-order chi connectivity index (χ0) is 24.9. The molecule has 3 rings (SSSR count). The predicted molar refractivity (Wildman–Crippen MR) is 129 cm³/mol. The van der Waals surface area contributed by atoms with E-state index in [9.17, 15) is 14.4 Å². The summed E-state index contributed by atoms with van der Waals surface area (Å²) < 4.78 is 10.2. The molecule has 0 fully saturated rings. The third kappa shape index (κ3) is 5.76. The van der Waals surface area contributed by atoms with E-state index in [1.165, 1.54) is 7.11 Å². The first-order valence-corrected chi connectivity index (χ1v) is 10.8. The first-order chi connectivity index (χ1) is 16.1. The van der Waals surface area contributed by atoms with Gasteiger partial charge in [-0.1, -0.05) is 6.07 Å². The summed E-state index contributed by atoms with van der Waals surface area (Å²) in [5, 5.41) is 5.88. The highest BCUT2D eigenvalue weighted by atomic mass is 16.5. The van der Waals surface area contributed by atoms with E-state index in [0.29, 0.717) is 29.7 Å². The molecule has 0 unspecified atom stereocenters. The van der Waals surface area contributed by atoms with Crippen molar-refractivity contribution < 1.29 is 18.7 Å². The predicted octanol–water partition coefficient (Wildman–Crippen LogP) is 2.37. The largest absolute Gasteiger partial charge is 0.389 e. The Morgan fingerprint density at radius 1 is 1.21 bits per heavy atom. The maximum absolute atomic E-state index is 13.0. The van der Waals surface area contributed by atoms with Crippen LogP contribution in [0.4, 0.5) is 11.7 Å². The number of likely N-dealkylation sites (N-methyl/N-ethyl adjacent to an activating group) is 1. The van der Waals surface area contributed by atoms with Crippen molar-refractivity contribution in [3.05, 3.63) is 58.2 Å². The monoisotopic (exact) mass is 467 g/mol. The fourth-order valence-corrected chi connectivity index (χ4v) is 3.55. The number of pyridine rings is 1. The van der Waals surface area contributed by atoms with Gasteiger partial charge >= 0.3 is 5.63 Å². The molecule has 0 radical (unpaired) electrons. The lowest BCUT2D eigenvalue weighted by Gasteiger charge is -2.30. The van der Waals surface area contributed by atoms with Crippen molar-refractivity contribution in [2.75, 3.05) is 37.9 Å². The molecule has 0 aliphatic carbocycles. The molecule has 0 saturated carbocycles. The van der Waals surface area contributed by atoms with Gasteiger partial charge in [0.2, 0.25) is 11.8 Å². The Morgan fingerprint density at radius 2 is 1.97 bits per heavy atom. The second-order valence-electron chi connectivity index (χ2n) is 8.47. The molecule has 0 atom stereocenters. The summed E-state index contributed by atoms with van der Waals surface area (Å²) in [7, 11) is 3.13. The molecule has 3 aromatic rings. The number of aromatic nitrogens is 2. The number of rotatable bonds is 9. The van der Waals surface area contributed by atoms with Crippen LogP contribution < -0.4 is 16.3 Å². The summed E-state index contributed by atoms with van der Waals surface area (Å²) in [5.41, 5.74) is 0.558. The molecule has 10 nitrogen and oxygen atoms in total. The molecular formula is C24H29N5O5. The molecule has 0 spiro atoms. The lowest BCUT2D eigenvalue weighted by molar-refractivity contribution is -0.133. The highest BCUT2D eigenvalue weighted by Crippen LogP contribution is 2.24. The van der Waals surface area contributed by atoms with Crippen LogP contribution >= 0.6 is 0 Å². The molecule has 2 amide bonds. The number of fused-ring (bicyclic) bond motifs is 1. The maximum Gasteiger partial charge on any atom is 0.348 e. The molecule has 2 aromatic heterocycles. The summed E-state index contributed by atoms with van der Waals surface area (Å²) >= 11 is 0. The molecule has 180 valence electrons. The second kappa shape index (κ2) is 10.4. The lowest BCUT2D eigenvalue weighted by atomic mass is 10.0. The van der Waals surface area contributed by atoms with E-state index in [0.717, 1.165) is 5.69 Å². The first-order valence-electron chi connectivity index (χ1n) is 10.8. The van der Waals surface area contributed by atoms with Gasteiger partial charge in [-0.3, -0.25) is 14.6 Å². The van der Waals surface area contributed by atoms with Gasteiger partial charge in [-0.15, -0.1) is 0 Å². The van der Waals surface area contributed by atoms with Gasteiger partial charge in [-0.25, -0.2) is 4.79 Å². The maximum atomic E-state index is 13.0. The Hall–Kier alpha value is -3.79. The lowest BCUT2D eigenvalue weighted by Crippen LogP contribution is -2.49. The summed E-state index contributed by atoms with van der Waals surface area (Å²) in [6.07, 6.45) is 2.33. The Labute approximate surface area is 197 Å². The number of methoxy groups -OCH3 is 1. The van der Waals surface area contributed by atoms with Crippen LogP contribution in [0.1, 0.15) is 25.1 Å². The minimum Gasteiger partial charge on any atom is -0.389 e. The van der Waals surface area contributed by atoms with Crippen molar-refractivity contribution in [2.45, 2.75) is 32.7 Å². The second-order valence-corrected chi connectivity index (χ2v) is 8.47. The summed E-state index contributed by atoms with van der Waals surface area (Å²) in [6.45, 7) is 5.45. The third-order valence-electron chi connectivity index (χ3n) is 5.34. The van der Waals surface area contributed by atoms with Gasteiger partial charge in [0.15, 0.2) is 0 Å². The average molecular weight is 468 g/mol. The number of hydrogen-bond donors (Lipinski definition) is 2. The van der Waals surface area contributed by atoms with E-state index in [1.807, 2.05) is 18.2 Å². The van der Waals surface area contributed by atoms with Crippen LogP contribution in [0.15, 0.2) is 45.7 Å². The summed E-state index contributed by atoms with van der Waals surface area (Å²) in [5.74, 6) is -0.534. The van der Waals surface area contributed by atoms with Crippen LogP contribution in [-0.2, 0) is 20.7 Å². The molecule has 0 aliphatic heterocycles. The van der Waals surface area contributed by atoms with Crippen molar-refractivity contribution in [1.29, 1.82) is 0 Å². The number of hydrogen-bond acceptors (Lipinski definition) is 8. The van der Waals surface area contributed by atoms with Crippen LogP contribution in [-0.4, -0.2) is 59.5 Å². The van der Waals surface area contributed by atoms with E-state index in [2.05, 4.69) is 20.6 Å². The van der Waals surface area contributed by atoms with Gasteiger partial charge < -0.3 is 24.7 Å². The number of benzene rings is 1. The van der Waals surface area contributed by atoms with Gasteiger partial charge in [0.1, 0.15) is 12.1 Å². The van der Waals surface area contributed by atoms with E-state index in [1.54, 1.807) is 51.0 Å². The average Bonchev–Trinajstić information content (AvgIpc) is 2.79. The molecule has 2 heterocycles. The van der Waals surface area contributed by atoms with E-state index < -0.39 is 11.2 Å². The van der Waals surface area contributed by atoms with E-state index >= 15 is 0 Å². The Bertz CT molecular complexity index is 1240. The highest BCUT2D eigenvalue weighted by Gasteiger charge is 2.32. The van der Waals surface area contributed by atoms with Crippen molar-refractivity contribution in [3.63, 3.8) is 0 Å².